The van der Waals surface area contributed by atoms with Crippen LogP contribution in [0.3, 0.4) is 0 Å². The van der Waals surface area contributed by atoms with Gasteiger partial charge in [0.25, 0.3) is 0 Å². The molecule has 0 atom stereocenters. The van der Waals surface area contributed by atoms with Gasteiger partial charge >= 0.3 is 0 Å². The fourth-order valence-corrected chi connectivity index (χ4v) is 12.5. The first-order chi connectivity index (χ1) is 30.7. The summed E-state index contributed by atoms with van der Waals surface area (Å²) in [5, 5.41) is 2.42. The molecule has 0 saturated heterocycles. The lowest BCUT2D eigenvalue weighted by molar-refractivity contribution is 1.07. The number of benzene rings is 9. The number of aromatic nitrogens is 4. The Hall–Kier alpha value is -7.86. The highest BCUT2D eigenvalue weighted by Gasteiger charge is 2.33. The van der Waals surface area contributed by atoms with E-state index in [1.807, 2.05) is 60.7 Å². The van der Waals surface area contributed by atoms with E-state index >= 15 is 0 Å². The van der Waals surface area contributed by atoms with Crippen LogP contribution in [0.5, 0.6) is 0 Å². The molecule has 4 nitrogen and oxygen atoms in total. The summed E-state index contributed by atoms with van der Waals surface area (Å²) in [5.74, 6) is 1.93. The molecule has 11 rings (SSSR count). The van der Waals surface area contributed by atoms with E-state index in [2.05, 4.69) is 187 Å². The SMILES string of the molecule is c1ccc(-c2nc(-c3ccccc3)nc(-c3ccc(-n4c5ccccc5c5cc(-c6ccc(S(c7ccccc7)(c7ccccc7)c7ccccc7)cc6)ccc54)cc3)n2)cc1. The Kier molecular flexibility index (Phi) is 9.57. The molecule has 0 aliphatic rings. The van der Waals surface area contributed by atoms with Gasteiger partial charge in [-0.1, -0.05) is 152 Å². The highest BCUT2D eigenvalue weighted by molar-refractivity contribution is 8.34. The molecule has 62 heavy (non-hydrogen) atoms. The van der Waals surface area contributed by atoms with Crippen LogP contribution in [-0.4, -0.2) is 19.5 Å². The average molecular weight is 813 g/mol. The highest BCUT2D eigenvalue weighted by atomic mass is 32.3. The Morgan fingerprint density at radius 1 is 0.274 bits per heavy atom. The molecule has 0 N–H and O–H groups in total. The molecular weight excluding hydrogens is 773 g/mol. The van der Waals surface area contributed by atoms with E-state index in [0.717, 1.165) is 33.4 Å². The average Bonchev–Trinajstić information content (AvgIpc) is 3.69. The summed E-state index contributed by atoms with van der Waals surface area (Å²) < 4.78 is 2.36. The van der Waals surface area contributed by atoms with Crippen molar-refractivity contribution in [2.24, 2.45) is 0 Å². The van der Waals surface area contributed by atoms with Crippen molar-refractivity contribution >= 4 is 31.8 Å². The molecule has 11 aromatic rings. The van der Waals surface area contributed by atoms with E-state index in [-0.39, 0.29) is 0 Å². The lowest BCUT2D eigenvalue weighted by atomic mass is 10.0. The van der Waals surface area contributed by atoms with Gasteiger partial charge in [0.15, 0.2) is 17.5 Å². The topological polar surface area (TPSA) is 43.6 Å². The number of fused-ring (bicyclic) bond motifs is 3. The summed E-state index contributed by atoms with van der Waals surface area (Å²) in [7, 11) is -1.77. The smallest absolute Gasteiger partial charge is 0.164 e. The maximum atomic E-state index is 4.97. The van der Waals surface area contributed by atoms with Gasteiger partial charge in [-0.25, -0.2) is 15.0 Å². The molecule has 2 aromatic heterocycles. The van der Waals surface area contributed by atoms with Crippen molar-refractivity contribution in [3.63, 3.8) is 0 Å². The van der Waals surface area contributed by atoms with Crippen molar-refractivity contribution in [1.82, 2.24) is 19.5 Å². The Morgan fingerprint density at radius 2 is 0.645 bits per heavy atom. The second kappa shape index (κ2) is 16.0. The van der Waals surface area contributed by atoms with Gasteiger partial charge in [0.05, 0.1) is 11.0 Å². The van der Waals surface area contributed by atoms with E-state index in [9.17, 15) is 0 Å². The number of para-hydroxylation sites is 1. The van der Waals surface area contributed by atoms with Gasteiger partial charge in [-0.2, -0.15) is 0 Å². The van der Waals surface area contributed by atoms with Gasteiger partial charge in [-0.15, -0.1) is 10.0 Å². The molecule has 0 bridgehead atoms. The maximum Gasteiger partial charge on any atom is 0.164 e. The van der Waals surface area contributed by atoms with Crippen LogP contribution < -0.4 is 0 Å². The summed E-state index contributed by atoms with van der Waals surface area (Å²) in [4.78, 5) is 20.1. The van der Waals surface area contributed by atoms with E-state index in [4.69, 9.17) is 15.0 Å². The summed E-state index contributed by atoms with van der Waals surface area (Å²) in [6, 6.07) is 86.7. The summed E-state index contributed by atoms with van der Waals surface area (Å²) >= 11 is 0. The Labute approximate surface area is 362 Å². The summed E-state index contributed by atoms with van der Waals surface area (Å²) in [5.41, 5.74) is 8.56. The zero-order valence-electron chi connectivity index (χ0n) is 33.8. The first-order valence-corrected chi connectivity index (χ1v) is 22.5. The number of hydrogen-bond donors (Lipinski definition) is 0. The fraction of sp³-hybridized carbons (Fsp3) is 0. The first kappa shape index (κ1) is 37.2. The van der Waals surface area contributed by atoms with Crippen LogP contribution >= 0.6 is 10.0 Å². The molecule has 0 aliphatic carbocycles. The second-order valence-electron chi connectivity index (χ2n) is 15.2. The van der Waals surface area contributed by atoms with Gasteiger partial charge < -0.3 is 4.57 Å². The molecule has 294 valence electrons. The normalized spacial score (nSPS) is 11.8. The number of rotatable bonds is 9. The third-order valence-corrected chi connectivity index (χ3v) is 15.5. The quantitative estimate of drug-likeness (QED) is 0.146. The van der Waals surface area contributed by atoms with Gasteiger partial charge in [-0.3, -0.25) is 0 Å². The third-order valence-electron chi connectivity index (χ3n) is 11.6. The van der Waals surface area contributed by atoms with E-state index in [1.165, 1.54) is 41.5 Å². The lowest BCUT2D eigenvalue weighted by Crippen LogP contribution is -2.05. The van der Waals surface area contributed by atoms with E-state index in [1.54, 1.807) is 0 Å². The molecule has 5 heteroatoms. The van der Waals surface area contributed by atoms with Crippen LogP contribution in [0.1, 0.15) is 0 Å². The second-order valence-corrected chi connectivity index (χ2v) is 18.4. The fourth-order valence-electron chi connectivity index (χ4n) is 8.67. The lowest BCUT2D eigenvalue weighted by Gasteiger charge is -2.42. The minimum absolute atomic E-state index is 0.636. The van der Waals surface area contributed by atoms with Gasteiger partial charge in [0.1, 0.15) is 0 Å². The van der Waals surface area contributed by atoms with Crippen LogP contribution in [0.25, 0.3) is 72.8 Å². The predicted molar refractivity (Wildman–Crippen MR) is 256 cm³/mol. The standard InChI is InChI=1S/C57H40N4S/c1-6-18-42(19-7-1)55-58-56(43-20-8-2-9-21-43)60-57(59-55)44-30-35-46(36-31-44)61-53-29-17-16-28-51(53)52-40-45(34-39-54(52)61)41-32-37-50(38-33-41)62(47-22-10-3-11-23-47,48-24-12-4-13-25-48)49-26-14-5-15-27-49/h1-40H. The van der Waals surface area contributed by atoms with Crippen molar-refractivity contribution in [2.75, 3.05) is 0 Å². The number of hydrogen-bond acceptors (Lipinski definition) is 3. The summed E-state index contributed by atoms with van der Waals surface area (Å²) in [6.45, 7) is 0. The van der Waals surface area contributed by atoms with Crippen LogP contribution in [0, 0.1) is 0 Å². The molecule has 0 unspecified atom stereocenters. The summed E-state index contributed by atoms with van der Waals surface area (Å²) in [6.07, 6.45) is 0. The maximum absolute atomic E-state index is 4.97. The highest BCUT2D eigenvalue weighted by Crippen LogP contribution is 2.73. The molecular formula is C57H40N4S. The third kappa shape index (κ3) is 6.56. The molecule has 0 spiro atoms. The molecule has 0 saturated carbocycles. The van der Waals surface area contributed by atoms with Crippen LogP contribution in [0.2, 0.25) is 0 Å². The molecule has 2 heterocycles. The molecule has 0 amide bonds. The van der Waals surface area contributed by atoms with Crippen molar-refractivity contribution in [3.8, 4) is 51.0 Å². The van der Waals surface area contributed by atoms with Crippen LogP contribution in [0.4, 0.5) is 0 Å². The first-order valence-electron chi connectivity index (χ1n) is 20.8. The van der Waals surface area contributed by atoms with E-state index in [0.29, 0.717) is 17.5 Å². The van der Waals surface area contributed by atoms with Crippen molar-refractivity contribution in [1.29, 1.82) is 0 Å². The Morgan fingerprint density at radius 3 is 1.15 bits per heavy atom. The van der Waals surface area contributed by atoms with Gasteiger partial charge in [0, 0.05) is 52.7 Å². The van der Waals surface area contributed by atoms with E-state index < -0.39 is 10.0 Å². The van der Waals surface area contributed by atoms with Crippen molar-refractivity contribution in [2.45, 2.75) is 19.6 Å². The van der Waals surface area contributed by atoms with Gasteiger partial charge in [-0.05, 0) is 102 Å². The van der Waals surface area contributed by atoms with Crippen molar-refractivity contribution in [3.05, 3.63) is 243 Å². The molecule has 0 aliphatic heterocycles. The zero-order chi connectivity index (χ0) is 41.3. The molecule has 0 fully saturated rings. The van der Waals surface area contributed by atoms with Crippen LogP contribution in [0.15, 0.2) is 262 Å². The number of nitrogens with zero attached hydrogens (tertiary/aromatic N) is 4. The molecule has 0 radical (unpaired) electrons. The Bertz CT molecular complexity index is 3140. The zero-order valence-corrected chi connectivity index (χ0v) is 34.6. The largest absolute Gasteiger partial charge is 0.309 e. The monoisotopic (exact) mass is 812 g/mol. The van der Waals surface area contributed by atoms with Crippen molar-refractivity contribution < 1.29 is 0 Å². The molecule has 9 aromatic carbocycles. The van der Waals surface area contributed by atoms with Crippen LogP contribution in [-0.2, 0) is 0 Å². The minimum Gasteiger partial charge on any atom is -0.309 e. The predicted octanol–water partition coefficient (Wildman–Crippen LogP) is 15.0. The van der Waals surface area contributed by atoms with Gasteiger partial charge in [0.2, 0.25) is 0 Å². The Balaban J connectivity index is 0.982. The minimum atomic E-state index is -1.77.